The average Bonchev–Trinajstić information content (AvgIpc) is 3.32. The van der Waals surface area contributed by atoms with E-state index in [0.29, 0.717) is 24.2 Å². The molecule has 3 rings (SSSR count). The van der Waals surface area contributed by atoms with Gasteiger partial charge in [0.05, 0.1) is 13.7 Å². The predicted octanol–water partition coefficient (Wildman–Crippen LogP) is 2.82. The van der Waals surface area contributed by atoms with E-state index in [1.54, 1.807) is 49.4 Å². The number of nitrogens with one attached hydrogen (secondary N) is 2. The Hall–Kier alpha value is -2.98. The van der Waals surface area contributed by atoms with Crippen LogP contribution in [0.4, 0.5) is 0 Å². The monoisotopic (exact) mass is 507 g/mol. The fourth-order valence-electron chi connectivity index (χ4n) is 3.38. The molecule has 190 valence electrons. The SMILES string of the molecule is CCCC[C@H](NP(=O)(OC[C@@H]1C=C[C@H](n2cc(C)c(=O)[nH]c2=O)O1)Oc1ccccc1)C(=O)OC. The number of benzene rings is 1. The first-order valence-electron chi connectivity index (χ1n) is 11.3. The number of nitrogens with zero attached hydrogens (tertiary/aromatic N) is 1. The fraction of sp³-hybridized carbons (Fsp3) is 0.435. The first-order chi connectivity index (χ1) is 16.7. The molecule has 2 heterocycles. The molecule has 2 N–H and O–H groups in total. The Balaban J connectivity index is 1.73. The third kappa shape index (κ3) is 7.25. The number of carbonyl (C=O) groups is 1. The molecule has 0 saturated heterocycles. The summed E-state index contributed by atoms with van der Waals surface area (Å²) in [5.74, 6) is -0.290. The maximum Gasteiger partial charge on any atom is 0.459 e. The molecule has 12 heteroatoms. The maximum atomic E-state index is 13.7. The summed E-state index contributed by atoms with van der Waals surface area (Å²) < 4.78 is 36.9. The van der Waals surface area contributed by atoms with E-state index in [9.17, 15) is 18.9 Å². The normalized spacial score (nSPS) is 19.7. The molecule has 4 atom stereocenters. The predicted molar refractivity (Wildman–Crippen MR) is 128 cm³/mol. The molecular formula is C23H30N3O8P. The lowest BCUT2D eigenvalue weighted by Crippen LogP contribution is -2.37. The van der Waals surface area contributed by atoms with Gasteiger partial charge >= 0.3 is 19.4 Å². The number of methoxy groups -OCH3 is 1. The second kappa shape index (κ2) is 12.1. The Morgan fingerprint density at radius 1 is 1.26 bits per heavy atom. The van der Waals surface area contributed by atoms with Crippen molar-refractivity contribution < 1.29 is 27.9 Å². The van der Waals surface area contributed by atoms with E-state index in [1.807, 2.05) is 6.92 Å². The molecule has 0 spiro atoms. The topological polar surface area (TPSA) is 138 Å². The fourth-order valence-corrected chi connectivity index (χ4v) is 4.91. The van der Waals surface area contributed by atoms with E-state index in [1.165, 1.54) is 17.9 Å². The highest BCUT2D eigenvalue weighted by Gasteiger charge is 2.35. The second-order valence-electron chi connectivity index (χ2n) is 7.97. The Morgan fingerprint density at radius 3 is 2.69 bits per heavy atom. The molecule has 0 saturated carbocycles. The van der Waals surface area contributed by atoms with E-state index in [4.69, 9.17) is 18.5 Å². The van der Waals surface area contributed by atoms with E-state index >= 15 is 0 Å². The highest BCUT2D eigenvalue weighted by molar-refractivity contribution is 7.52. The summed E-state index contributed by atoms with van der Waals surface area (Å²) in [5, 5.41) is 2.72. The number of esters is 1. The first kappa shape index (κ1) is 26.6. The van der Waals surface area contributed by atoms with Crippen LogP contribution < -0.4 is 20.9 Å². The van der Waals surface area contributed by atoms with Crippen molar-refractivity contribution >= 4 is 13.7 Å². The summed E-state index contributed by atoms with van der Waals surface area (Å²) in [6.45, 7) is 3.36. The van der Waals surface area contributed by atoms with Crippen LogP contribution in [0.5, 0.6) is 5.75 Å². The van der Waals surface area contributed by atoms with Crippen LogP contribution in [0.1, 0.15) is 38.0 Å². The van der Waals surface area contributed by atoms with Gasteiger partial charge in [-0.1, -0.05) is 44.0 Å². The molecule has 1 unspecified atom stereocenters. The second-order valence-corrected chi connectivity index (χ2v) is 9.67. The van der Waals surface area contributed by atoms with Crippen LogP contribution in [-0.2, 0) is 23.4 Å². The highest BCUT2D eigenvalue weighted by Crippen LogP contribution is 2.45. The molecule has 1 aliphatic heterocycles. The van der Waals surface area contributed by atoms with Crippen LogP contribution in [0.2, 0.25) is 0 Å². The van der Waals surface area contributed by atoms with Gasteiger partial charge in [0.1, 0.15) is 17.9 Å². The van der Waals surface area contributed by atoms with Crippen molar-refractivity contribution in [1.29, 1.82) is 0 Å². The van der Waals surface area contributed by atoms with Crippen LogP contribution in [0.3, 0.4) is 0 Å². The number of ether oxygens (including phenoxy) is 2. The Morgan fingerprint density at radius 2 is 2.00 bits per heavy atom. The summed E-state index contributed by atoms with van der Waals surface area (Å²) in [4.78, 5) is 38.3. The smallest absolute Gasteiger partial charge is 0.459 e. The number of hydrogen-bond donors (Lipinski definition) is 2. The number of hydrogen-bond acceptors (Lipinski definition) is 8. The molecule has 0 bridgehead atoms. The van der Waals surface area contributed by atoms with E-state index in [-0.39, 0.29) is 6.61 Å². The molecule has 35 heavy (non-hydrogen) atoms. The van der Waals surface area contributed by atoms with E-state index in [0.717, 1.165) is 6.42 Å². The minimum Gasteiger partial charge on any atom is -0.468 e. The zero-order valence-corrected chi connectivity index (χ0v) is 20.7. The lowest BCUT2D eigenvalue weighted by Gasteiger charge is -2.25. The number of H-pyrrole nitrogens is 1. The molecule has 1 aromatic carbocycles. The van der Waals surface area contributed by atoms with Crippen LogP contribution in [0, 0.1) is 6.92 Å². The zero-order chi connectivity index (χ0) is 25.4. The van der Waals surface area contributed by atoms with Crippen LogP contribution in [0.25, 0.3) is 0 Å². The van der Waals surface area contributed by atoms with Gasteiger partial charge in [-0.05, 0) is 31.6 Å². The van der Waals surface area contributed by atoms with Crippen molar-refractivity contribution in [3.05, 3.63) is 75.1 Å². The van der Waals surface area contributed by atoms with Gasteiger partial charge in [-0.15, -0.1) is 0 Å². The van der Waals surface area contributed by atoms with Crippen LogP contribution in [-0.4, -0.2) is 41.4 Å². The molecule has 0 radical (unpaired) electrons. The Labute approximate surface area is 202 Å². The van der Waals surface area contributed by atoms with Gasteiger partial charge in [0.2, 0.25) is 0 Å². The molecule has 0 aliphatic carbocycles. The van der Waals surface area contributed by atoms with Crippen LogP contribution >= 0.6 is 7.75 Å². The van der Waals surface area contributed by atoms with Crippen molar-refractivity contribution in [2.24, 2.45) is 0 Å². The number of para-hydroxylation sites is 1. The molecule has 11 nitrogen and oxygen atoms in total. The largest absolute Gasteiger partial charge is 0.468 e. The minimum absolute atomic E-state index is 0.192. The zero-order valence-electron chi connectivity index (χ0n) is 19.8. The van der Waals surface area contributed by atoms with Gasteiger partial charge in [-0.3, -0.25) is 23.7 Å². The molecule has 1 aromatic heterocycles. The quantitative estimate of drug-likeness (QED) is 0.252. The lowest BCUT2D eigenvalue weighted by atomic mass is 10.1. The minimum atomic E-state index is -4.05. The Kier molecular flexibility index (Phi) is 9.22. The number of unbranched alkanes of at least 4 members (excludes halogenated alkanes) is 1. The van der Waals surface area contributed by atoms with Crippen molar-refractivity contribution in [1.82, 2.24) is 14.6 Å². The summed E-state index contributed by atoms with van der Waals surface area (Å²) in [6, 6.07) is 7.54. The lowest BCUT2D eigenvalue weighted by molar-refractivity contribution is -0.143. The third-order valence-electron chi connectivity index (χ3n) is 5.25. The first-order valence-corrected chi connectivity index (χ1v) is 12.8. The van der Waals surface area contributed by atoms with Crippen molar-refractivity contribution in [3.63, 3.8) is 0 Å². The van der Waals surface area contributed by atoms with Gasteiger partial charge in [0, 0.05) is 11.8 Å². The number of aromatic amines is 1. The molecule has 2 aromatic rings. The van der Waals surface area contributed by atoms with E-state index < -0.39 is 43.3 Å². The molecule has 0 amide bonds. The number of aryl methyl sites for hydroxylation is 1. The van der Waals surface area contributed by atoms with Gasteiger partial charge in [-0.25, -0.2) is 9.36 Å². The van der Waals surface area contributed by atoms with E-state index in [2.05, 4.69) is 10.1 Å². The summed E-state index contributed by atoms with van der Waals surface area (Å²) >= 11 is 0. The summed E-state index contributed by atoms with van der Waals surface area (Å²) in [6.07, 6.45) is 5.14. The third-order valence-corrected chi connectivity index (χ3v) is 6.82. The maximum absolute atomic E-state index is 13.7. The highest BCUT2D eigenvalue weighted by atomic mass is 31.2. The van der Waals surface area contributed by atoms with Crippen LogP contribution in [0.15, 0.2) is 58.3 Å². The molecule has 0 fully saturated rings. The number of rotatable bonds is 12. The number of aromatic nitrogens is 2. The van der Waals surface area contributed by atoms with Gasteiger partial charge in [-0.2, -0.15) is 5.09 Å². The Bertz CT molecular complexity index is 1190. The van der Waals surface area contributed by atoms with Gasteiger partial charge in [0.25, 0.3) is 5.56 Å². The molecular weight excluding hydrogens is 477 g/mol. The summed E-state index contributed by atoms with van der Waals surface area (Å²) in [5.41, 5.74) is -0.734. The van der Waals surface area contributed by atoms with Crippen molar-refractivity contribution in [2.45, 2.75) is 51.5 Å². The van der Waals surface area contributed by atoms with Crippen molar-refractivity contribution in [3.8, 4) is 5.75 Å². The molecule has 1 aliphatic rings. The average molecular weight is 507 g/mol. The van der Waals surface area contributed by atoms with Gasteiger partial charge < -0.3 is 14.0 Å². The standard InChI is InChI=1S/C23H30N3O8P/c1-4-5-11-19(22(28)31-3)25-35(30,34-17-9-7-6-8-10-17)32-15-18-12-13-20(33-18)26-14-16(2)21(27)24-23(26)29/h6-10,12-14,18-20H,4-5,11,15H2,1-3H3,(H,25,30)(H,24,27,29)/t18-,19-,20+,35?/m0/s1. The van der Waals surface area contributed by atoms with Crippen molar-refractivity contribution in [2.75, 3.05) is 13.7 Å². The number of carbonyl (C=O) groups excluding carboxylic acids is 1. The summed E-state index contributed by atoms with van der Waals surface area (Å²) in [7, 11) is -2.80. The van der Waals surface area contributed by atoms with Gasteiger partial charge in [0.15, 0.2) is 6.23 Å².